The molecule has 0 saturated heterocycles. The summed E-state index contributed by atoms with van der Waals surface area (Å²) in [7, 11) is 2.07. The maximum absolute atomic E-state index is 6.99. The molecule has 2 rings (SSSR count). The second-order valence-electron chi connectivity index (χ2n) is 3.91. The van der Waals surface area contributed by atoms with Gasteiger partial charge in [0.2, 0.25) is 6.54 Å². The normalized spacial score (nSPS) is 10.5. The summed E-state index contributed by atoms with van der Waals surface area (Å²) in [5.41, 5.74) is 4.91. The average molecular weight is 198 g/mol. The van der Waals surface area contributed by atoms with E-state index < -0.39 is 0 Å². The molecule has 1 aromatic heterocycles. The van der Waals surface area contributed by atoms with E-state index in [-0.39, 0.29) is 0 Å². The molecule has 0 aliphatic rings. The van der Waals surface area contributed by atoms with Crippen molar-refractivity contribution in [3.63, 3.8) is 0 Å². The molecule has 2 nitrogen and oxygen atoms in total. The number of para-hydroxylation sites is 1. The maximum atomic E-state index is 6.99. The van der Waals surface area contributed by atoms with Gasteiger partial charge in [0.05, 0.1) is 11.1 Å². The van der Waals surface area contributed by atoms with E-state index in [0.717, 1.165) is 0 Å². The summed E-state index contributed by atoms with van der Waals surface area (Å²) >= 11 is 0. The Balaban J connectivity index is 2.88. The molecule has 0 fully saturated rings. The number of nitrogens with zero attached hydrogens (tertiary/aromatic N) is 2. The van der Waals surface area contributed by atoms with Crippen molar-refractivity contribution in [2.24, 2.45) is 7.05 Å². The number of hydrogen-bond acceptors (Lipinski definition) is 0. The molecule has 0 amide bonds. The minimum absolute atomic E-state index is 0.479. The first kappa shape index (κ1) is 9.79. The number of rotatable bonds is 1. The van der Waals surface area contributed by atoms with Crippen LogP contribution in [0.2, 0.25) is 0 Å². The second-order valence-corrected chi connectivity index (χ2v) is 3.91. The Morgan fingerprint density at radius 1 is 1.33 bits per heavy atom. The lowest BCUT2D eigenvalue weighted by Gasteiger charge is -2.01. The van der Waals surface area contributed by atoms with Crippen molar-refractivity contribution < 1.29 is 0 Å². The van der Waals surface area contributed by atoms with Crippen LogP contribution in [0, 0.1) is 20.4 Å². The lowest BCUT2D eigenvalue weighted by molar-refractivity contribution is 0.902. The fourth-order valence-electron chi connectivity index (χ4n) is 2.19. The number of aromatic nitrogens is 1. The first-order valence-electron chi connectivity index (χ1n) is 5.03. The summed E-state index contributed by atoms with van der Waals surface area (Å²) < 4.78 is 2.19. The SMILES string of the molecule is [C-]#[N+]Cc1c(C)n(C)c2c(C)cccc12. The number of fused-ring (bicyclic) bond motifs is 1. The largest absolute Gasteiger partial charge is 0.347 e. The van der Waals surface area contributed by atoms with Gasteiger partial charge >= 0.3 is 0 Å². The van der Waals surface area contributed by atoms with Gasteiger partial charge in [-0.3, -0.25) is 0 Å². The predicted octanol–water partition coefficient (Wildman–Crippen LogP) is 3.21. The molecule has 2 heteroatoms. The molecule has 0 unspecified atom stereocenters. The van der Waals surface area contributed by atoms with Crippen LogP contribution in [0.15, 0.2) is 18.2 Å². The Bertz CT molecular complexity index is 556. The van der Waals surface area contributed by atoms with Gasteiger partial charge < -0.3 is 9.41 Å². The van der Waals surface area contributed by atoms with Crippen LogP contribution in [-0.4, -0.2) is 4.57 Å². The Labute approximate surface area is 90.0 Å². The molecule has 76 valence electrons. The highest BCUT2D eigenvalue weighted by Gasteiger charge is 2.14. The fraction of sp³-hybridized carbons (Fsp3) is 0.308. The van der Waals surface area contributed by atoms with Crippen molar-refractivity contribution >= 4 is 10.9 Å². The van der Waals surface area contributed by atoms with Crippen molar-refractivity contribution in [1.82, 2.24) is 4.57 Å². The highest BCUT2D eigenvalue weighted by Crippen LogP contribution is 2.27. The van der Waals surface area contributed by atoms with E-state index in [1.807, 2.05) is 0 Å². The summed E-state index contributed by atoms with van der Waals surface area (Å²) in [5.74, 6) is 0. The first-order valence-corrected chi connectivity index (χ1v) is 5.03. The molecule has 0 saturated carbocycles. The van der Waals surface area contributed by atoms with Gasteiger partial charge in [-0.15, -0.1) is 0 Å². The molecule has 0 N–H and O–H groups in total. The van der Waals surface area contributed by atoms with Crippen LogP contribution in [0.4, 0.5) is 0 Å². The molecule has 0 aliphatic heterocycles. The summed E-state index contributed by atoms with van der Waals surface area (Å²) in [6.45, 7) is 11.7. The highest BCUT2D eigenvalue weighted by atomic mass is 15.0. The van der Waals surface area contributed by atoms with E-state index in [0.29, 0.717) is 6.54 Å². The van der Waals surface area contributed by atoms with Crippen LogP contribution in [0.1, 0.15) is 16.8 Å². The summed E-state index contributed by atoms with van der Waals surface area (Å²) in [5, 5.41) is 1.23. The van der Waals surface area contributed by atoms with Gasteiger partial charge in [-0.25, -0.2) is 6.57 Å². The molecular weight excluding hydrogens is 184 g/mol. The molecule has 0 bridgehead atoms. The predicted molar refractivity (Wildman–Crippen MR) is 62.7 cm³/mol. The lowest BCUT2D eigenvalue weighted by atomic mass is 10.1. The summed E-state index contributed by atoms with van der Waals surface area (Å²) in [6.07, 6.45) is 0. The van der Waals surface area contributed by atoms with E-state index in [9.17, 15) is 0 Å². The zero-order valence-electron chi connectivity index (χ0n) is 9.33. The van der Waals surface area contributed by atoms with Crippen LogP contribution in [-0.2, 0) is 13.6 Å². The lowest BCUT2D eigenvalue weighted by Crippen LogP contribution is -1.92. The molecular formula is C13H14N2. The van der Waals surface area contributed by atoms with E-state index in [2.05, 4.69) is 48.5 Å². The van der Waals surface area contributed by atoms with Gasteiger partial charge in [-0.2, -0.15) is 0 Å². The van der Waals surface area contributed by atoms with E-state index in [1.165, 1.54) is 27.7 Å². The standard InChI is InChI=1S/C13H14N2/c1-9-6-5-7-11-12(8-14-3)10(2)15(4)13(9)11/h5-7H,8H2,1-2,4H3. The molecule has 2 aromatic rings. The van der Waals surface area contributed by atoms with E-state index >= 15 is 0 Å². The number of aryl methyl sites for hydroxylation is 2. The average Bonchev–Trinajstić information content (AvgIpc) is 2.45. The van der Waals surface area contributed by atoms with Crippen molar-refractivity contribution in [3.8, 4) is 0 Å². The zero-order chi connectivity index (χ0) is 11.0. The van der Waals surface area contributed by atoms with E-state index in [1.54, 1.807) is 0 Å². The number of hydrogen-bond donors (Lipinski definition) is 0. The van der Waals surface area contributed by atoms with Crippen LogP contribution < -0.4 is 0 Å². The van der Waals surface area contributed by atoms with Crippen molar-refractivity contribution in [1.29, 1.82) is 0 Å². The molecule has 1 heterocycles. The van der Waals surface area contributed by atoms with Gasteiger partial charge in [0, 0.05) is 18.1 Å². The topological polar surface area (TPSA) is 9.29 Å². The second kappa shape index (κ2) is 3.43. The number of benzene rings is 1. The molecule has 0 radical (unpaired) electrons. The Morgan fingerprint density at radius 2 is 2.07 bits per heavy atom. The van der Waals surface area contributed by atoms with Crippen LogP contribution in [0.25, 0.3) is 15.7 Å². The zero-order valence-corrected chi connectivity index (χ0v) is 9.33. The van der Waals surface area contributed by atoms with Crippen molar-refractivity contribution in [3.05, 3.63) is 46.4 Å². The molecule has 0 atom stereocenters. The third-order valence-corrected chi connectivity index (χ3v) is 3.08. The smallest absolute Gasteiger partial charge is 0.242 e. The van der Waals surface area contributed by atoms with Gasteiger partial charge in [0.15, 0.2) is 0 Å². The highest BCUT2D eigenvalue weighted by molar-refractivity contribution is 5.88. The first-order chi connectivity index (χ1) is 7.16. The summed E-state index contributed by atoms with van der Waals surface area (Å²) in [4.78, 5) is 3.50. The molecule has 0 spiro atoms. The monoisotopic (exact) mass is 198 g/mol. The minimum Gasteiger partial charge on any atom is -0.347 e. The molecule has 0 aliphatic carbocycles. The fourth-order valence-corrected chi connectivity index (χ4v) is 2.19. The Hall–Kier alpha value is -1.75. The molecule has 15 heavy (non-hydrogen) atoms. The third kappa shape index (κ3) is 1.32. The van der Waals surface area contributed by atoms with Gasteiger partial charge in [0.25, 0.3) is 0 Å². The Morgan fingerprint density at radius 3 is 2.73 bits per heavy atom. The molecule has 1 aromatic carbocycles. The van der Waals surface area contributed by atoms with Gasteiger partial charge in [-0.1, -0.05) is 18.2 Å². The van der Waals surface area contributed by atoms with Crippen LogP contribution >= 0.6 is 0 Å². The van der Waals surface area contributed by atoms with Crippen LogP contribution in [0.5, 0.6) is 0 Å². The quantitative estimate of drug-likeness (QED) is 0.622. The van der Waals surface area contributed by atoms with Gasteiger partial charge in [0.1, 0.15) is 0 Å². The van der Waals surface area contributed by atoms with Crippen molar-refractivity contribution in [2.45, 2.75) is 20.4 Å². The maximum Gasteiger partial charge on any atom is 0.242 e. The third-order valence-electron chi connectivity index (χ3n) is 3.08. The van der Waals surface area contributed by atoms with Crippen LogP contribution in [0.3, 0.4) is 0 Å². The Kier molecular flexibility index (Phi) is 2.24. The minimum atomic E-state index is 0.479. The van der Waals surface area contributed by atoms with Gasteiger partial charge in [-0.05, 0) is 19.4 Å². The van der Waals surface area contributed by atoms with Crippen molar-refractivity contribution in [2.75, 3.05) is 0 Å². The summed E-state index contributed by atoms with van der Waals surface area (Å²) in [6, 6.07) is 6.28. The van der Waals surface area contributed by atoms with E-state index in [4.69, 9.17) is 6.57 Å².